The van der Waals surface area contributed by atoms with E-state index < -0.39 is 5.97 Å². The molecule has 0 saturated heterocycles. The Morgan fingerprint density at radius 2 is 1.75 bits per heavy atom. The van der Waals surface area contributed by atoms with Crippen molar-refractivity contribution in [3.05, 3.63) is 77.8 Å². The van der Waals surface area contributed by atoms with Gasteiger partial charge in [0.15, 0.2) is 6.61 Å². The van der Waals surface area contributed by atoms with E-state index in [1.807, 2.05) is 18.2 Å². The fourth-order valence-electron chi connectivity index (χ4n) is 2.36. The summed E-state index contributed by atoms with van der Waals surface area (Å²) in [6.45, 7) is 3.66. The maximum Gasteiger partial charge on any atom is 0.308 e. The number of carbonyl (C=O) groups excluding carboxylic acids is 3. The molecule has 2 rings (SSSR count). The Labute approximate surface area is 168 Å². The first-order valence-electron chi connectivity index (χ1n) is 8.67. The maximum absolute atomic E-state index is 12.4. The van der Waals surface area contributed by atoms with Crippen molar-refractivity contribution in [1.29, 1.82) is 0 Å². The van der Waals surface area contributed by atoms with Gasteiger partial charge < -0.3 is 15.0 Å². The van der Waals surface area contributed by atoms with Gasteiger partial charge in [-0.25, -0.2) is 0 Å². The largest absolute Gasteiger partial charge is 0.455 e. The van der Waals surface area contributed by atoms with E-state index in [0.717, 1.165) is 0 Å². The van der Waals surface area contributed by atoms with Gasteiger partial charge in [-0.2, -0.15) is 0 Å². The second kappa shape index (κ2) is 10.9. The predicted molar refractivity (Wildman–Crippen MR) is 108 cm³/mol. The highest BCUT2D eigenvalue weighted by Gasteiger charge is 2.16. The number of hydrogen-bond acceptors (Lipinski definition) is 4. The van der Waals surface area contributed by atoms with Gasteiger partial charge in [-0.15, -0.1) is 6.58 Å². The van der Waals surface area contributed by atoms with E-state index in [1.165, 1.54) is 4.90 Å². The van der Waals surface area contributed by atoms with Crippen molar-refractivity contribution in [2.75, 3.05) is 24.6 Å². The van der Waals surface area contributed by atoms with Crippen LogP contribution in [0.2, 0.25) is 5.02 Å². The van der Waals surface area contributed by atoms with E-state index in [-0.39, 0.29) is 31.4 Å². The fourth-order valence-corrected chi connectivity index (χ4v) is 2.49. The Balaban J connectivity index is 1.76. The molecule has 0 unspecified atom stereocenters. The van der Waals surface area contributed by atoms with E-state index in [4.69, 9.17) is 16.3 Å². The van der Waals surface area contributed by atoms with Gasteiger partial charge in [0.25, 0.3) is 11.8 Å². The summed E-state index contributed by atoms with van der Waals surface area (Å²) in [7, 11) is 0. The molecule has 0 bridgehead atoms. The number of rotatable bonds is 9. The highest BCUT2D eigenvalue weighted by atomic mass is 35.5. The van der Waals surface area contributed by atoms with Crippen molar-refractivity contribution in [2.24, 2.45) is 0 Å². The number of anilines is 1. The van der Waals surface area contributed by atoms with E-state index in [9.17, 15) is 14.4 Å². The molecule has 0 radical (unpaired) electrons. The van der Waals surface area contributed by atoms with Crippen LogP contribution in [0.3, 0.4) is 0 Å². The van der Waals surface area contributed by atoms with Gasteiger partial charge in [-0.3, -0.25) is 14.4 Å². The van der Waals surface area contributed by atoms with Crippen molar-refractivity contribution < 1.29 is 19.1 Å². The Morgan fingerprint density at radius 1 is 1.07 bits per heavy atom. The number of ether oxygens (including phenoxy) is 1. The molecule has 0 aliphatic carbocycles. The van der Waals surface area contributed by atoms with Crippen molar-refractivity contribution in [2.45, 2.75) is 6.42 Å². The molecule has 2 aromatic carbocycles. The van der Waals surface area contributed by atoms with Crippen molar-refractivity contribution in [3.8, 4) is 0 Å². The Hall–Kier alpha value is -3.12. The third kappa shape index (κ3) is 6.55. The fraction of sp³-hybridized carbons (Fsp3) is 0.190. The Bertz CT molecular complexity index is 822. The number of halogens is 1. The number of carbonyl (C=O) groups is 3. The summed E-state index contributed by atoms with van der Waals surface area (Å²) in [5.41, 5.74) is 1.13. The molecule has 2 amide bonds. The molecule has 1 N–H and O–H groups in total. The molecule has 0 aliphatic heterocycles. The maximum atomic E-state index is 12.4. The second-order valence-electron chi connectivity index (χ2n) is 5.80. The van der Waals surface area contributed by atoms with Crippen molar-refractivity contribution >= 4 is 35.1 Å². The number of benzene rings is 2. The number of para-hydroxylation sites is 1. The van der Waals surface area contributed by atoms with Crippen LogP contribution < -0.4 is 10.2 Å². The first-order chi connectivity index (χ1) is 13.5. The van der Waals surface area contributed by atoms with Crippen LogP contribution >= 0.6 is 11.6 Å². The standard InChI is InChI=1S/C21H21ClN2O4/c1-2-14-24(18-6-4-3-5-7-18)19(25)15-28-20(26)12-13-23-21(27)16-8-10-17(22)11-9-16/h2-11H,1,12-15H2,(H,23,27). The summed E-state index contributed by atoms with van der Waals surface area (Å²) < 4.78 is 5.02. The molecule has 7 heteroatoms. The summed E-state index contributed by atoms with van der Waals surface area (Å²) in [6.07, 6.45) is 1.55. The van der Waals surface area contributed by atoms with Crippen LogP contribution in [0.4, 0.5) is 5.69 Å². The average Bonchev–Trinajstić information content (AvgIpc) is 2.71. The topological polar surface area (TPSA) is 75.7 Å². The molecule has 0 saturated carbocycles. The summed E-state index contributed by atoms with van der Waals surface area (Å²) in [6, 6.07) is 15.4. The number of amides is 2. The lowest BCUT2D eigenvalue weighted by molar-refractivity contribution is -0.147. The van der Waals surface area contributed by atoms with Crippen LogP contribution in [0.5, 0.6) is 0 Å². The van der Waals surface area contributed by atoms with Crippen molar-refractivity contribution in [3.63, 3.8) is 0 Å². The third-order valence-corrected chi connectivity index (χ3v) is 4.01. The first-order valence-corrected chi connectivity index (χ1v) is 9.04. The molecule has 0 aromatic heterocycles. The monoisotopic (exact) mass is 400 g/mol. The summed E-state index contributed by atoms with van der Waals surface area (Å²) in [5.74, 6) is -1.25. The van der Waals surface area contributed by atoms with E-state index in [1.54, 1.807) is 42.5 Å². The smallest absolute Gasteiger partial charge is 0.308 e. The van der Waals surface area contributed by atoms with Crippen LogP contribution in [0.15, 0.2) is 67.3 Å². The second-order valence-corrected chi connectivity index (χ2v) is 6.24. The van der Waals surface area contributed by atoms with Gasteiger partial charge >= 0.3 is 5.97 Å². The number of esters is 1. The SMILES string of the molecule is C=CCN(C(=O)COC(=O)CCNC(=O)c1ccc(Cl)cc1)c1ccccc1. The summed E-state index contributed by atoms with van der Waals surface area (Å²) in [5, 5.41) is 3.15. The summed E-state index contributed by atoms with van der Waals surface area (Å²) >= 11 is 5.77. The van der Waals surface area contributed by atoms with Gasteiger partial charge in [-0.05, 0) is 36.4 Å². The summed E-state index contributed by atoms with van der Waals surface area (Å²) in [4.78, 5) is 37.6. The average molecular weight is 401 g/mol. The lowest BCUT2D eigenvalue weighted by atomic mass is 10.2. The van der Waals surface area contributed by atoms with Crippen LogP contribution in [-0.2, 0) is 14.3 Å². The zero-order valence-corrected chi connectivity index (χ0v) is 16.0. The highest BCUT2D eigenvalue weighted by Crippen LogP contribution is 2.13. The Kier molecular flexibility index (Phi) is 8.24. The molecule has 6 nitrogen and oxygen atoms in total. The van der Waals surface area contributed by atoms with E-state index in [0.29, 0.717) is 22.8 Å². The molecule has 0 heterocycles. The van der Waals surface area contributed by atoms with E-state index in [2.05, 4.69) is 11.9 Å². The molecule has 0 aliphatic rings. The van der Waals surface area contributed by atoms with Gasteiger partial charge in [0.05, 0.1) is 6.42 Å². The van der Waals surface area contributed by atoms with Gasteiger partial charge in [0.2, 0.25) is 0 Å². The highest BCUT2D eigenvalue weighted by molar-refractivity contribution is 6.30. The van der Waals surface area contributed by atoms with Crippen molar-refractivity contribution in [1.82, 2.24) is 5.32 Å². The molecule has 146 valence electrons. The zero-order valence-electron chi connectivity index (χ0n) is 15.3. The number of nitrogens with one attached hydrogen (secondary N) is 1. The number of nitrogens with zero attached hydrogens (tertiary/aromatic N) is 1. The van der Waals surface area contributed by atoms with E-state index >= 15 is 0 Å². The van der Waals surface area contributed by atoms with Gasteiger partial charge in [0.1, 0.15) is 0 Å². The minimum absolute atomic E-state index is 0.0423. The predicted octanol–water partition coefficient (Wildman–Crippen LogP) is 3.22. The lowest BCUT2D eigenvalue weighted by Gasteiger charge is -2.21. The minimum atomic E-state index is -0.573. The Morgan fingerprint density at radius 3 is 2.39 bits per heavy atom. The van der Waals surface area contributed by atoms with Crippen LogP contribution in [0, 0.1) is 0 Å². The number of hydrogen-bond donors (Lipinski definition) is 1. The normalized spacial score (nSPS) is 10.0. The zero-order chi connectivity index (χ0) is 20.4. The van der Waals surface area contributed by atoms with Gasteiger partial charge in [-0.1, -0.05) is 35.9 Å². The van der Waals surface area contributed by atoms with Crippen LogP contribution in [0.25, 0.3) is 0 Å². The molecular weight excluding hydrogens is 380 g/mol. The molecular formula is C21H21ClN2O4. The van der Waals surface area contributed by atoms with Gasteiger partial charge in [0, 0.05) is 29.4 Å². The molecule has 28 heavy (non-hydrogen) atoms. The molecule has 0 atom stereocenters. The molecule has 0 spiro atoms. The quantitative estimate of drug-likeness (QED) is 0.518. The minimum Gasteiger partial charge on any atom is -0.455 e. The lowest BCUT2D eigenvalue weighted by Crippen LogP contribution is -2.35. The molecule has 2 aromatic rings. The third-order valence-electron chi connectivity index (χ3n) is 3.76. The van der Waals surface area contributed by atoms with Crippen LogP contribution in [-0.4, -0.2) is 37.5 Å². The molecule has 0 fully saturated rings. The van der Waals surface area contributed by atoms with Crippen LogP contribution in [0.1, 0.15) is 16.8 Å². The first kappa shape index (κ1) is 21.2.